The lowest BCUT2D eigenvalue weighted by molar-refractivity contribution is -0.130. The zero-order valence-corrected chi connectivity index (χ0v) is 10.3. The standard InChI is InChI=1S/C12H22N2O2/c1-13(2)12(15)8-14(11-3-4-11)7-10-5-6-16-9-10/h10-11H,3-9H2,1-2H3/t10-/m1/s1. The maximum Gasteiger partial charge on any atom is 0.236 e. The predicted octanol–water partition coefficient (Wildman–Crippen LogP) is 0.575. The summed E-state index contributed by atoms with van der Waals surface area (Å²) >= 11 is 0. The molecule has 1 saturated heterocycles. The van der Waals surface area contributed by atoms with Crippen molar-refractivity contribution >= 4 is 5.91 Å². The first kappa shape index (κ1) is 11.9. The van der Waals surface area contributed by atoms with Crippen molar-refractivity contribution in [3.8, 4) is 0 Å². The van der Waals surface area contributed by atoms with Crippen molar-refractivity contribution in [2.45, 2.75) is 25.3 Å². The van der Waals surface area contributed by atoms with Crippen LogP contribution in [0.4, 0.5) is 0 Å². The molecule has 92 valence electrons. The molecule has 0 unspecified atom stereocenters. The Kier molecular flexibility index (Phi) is 3.82. The lowest BCUT2D eigenvalue weighted by atomic mass is 10.1. The zero-order valence-electron chi connectivity index (χ0n) is 10.3. The molecule has 0 spiro atoms. The van der Waals surface area contributed by atoms with Crippen molar-refractivity contribution in [3.05, 3.63) is 0 Å². The predicted molar refractivity (Wildman–Crippen MR) is 62.2 cm³/mol. The van der Waals surface area contributed by atoms with Crippen LogP contribution in [-0.2, 0) is 9.53 Å². The second-order valence-electron chi connectivity index (χ2n) is 5.18. The molecule has 2 aliphatic rings. The molecule has 2 fully saturated rings. The van der Waals surface area contributed by atoms with E-state index in [1.165, 1.54) is 12.8 Å². The van der Waals surface area contributed by atoms with Crippen molar-refractivity contribution in [1.82, 2.24) is 9.80 Å². The molecule has 0 aromatic rings. The molecule has 0 N–H and O–H groups in total. The Hall–Kier alpha value is -0.610. The Labute approximate surface area is 97.5 Å². The Bertz CT molecular complexity index is 245. The third-order valence-electron chi connectivity index (χ3n) is 3.42. The van der Waals surface area contributed by atoms with Crippen molar-refractivity contribution in [3.63, 3.8) is 0 Å². The minimum absolute atomic E-state index is 0.214. The third-order valence-corrected chi connectivity index (χ3v) is 3.42. The molecule has 1 amide bonds. The molecule has 2 rings (SSSR count). The third kappa shape index (κ3) is 3.19. The summed E-state index contributed by atoms with van der Waals surface area (Å²) in [6.45, 7) is 3.38. The van der Waals surface area contributed by atoms with Crippen LogP contribution >= 0.6 is 0 Å². The van der Waals surface area contributed by atoms with Gasteiger partial charge < -0.3 is 9.64 Å². The number of hydrogen-bond acceptors (Lipinski definition) is 3. The second kappa shape index (κ2) is 5.15. The lowest BCUT2D eigenvalue weighted by Crippen LogP contribution is -2.40. The first-order chi connectivity index (χ1) is 7.66. The van der Waals surface area contributed by atoms with E-state index in [0.717, 1.165) is 26.2 Å². The van der Waals surface area contributed by atoms with E-state index in [4.69, 9.17) is 4.74 Å². The van der Waals surface area contributed by atoms with E-state index in [-0.39, 0.29) is 5.91 Å². The molecule has 4 heteroatoms. The highest BCUT2D eigenvalue weighted by Crippen LogP contribution is 2.28. The average molecular weight is 226 g/mol. The Morgan fingerprint density at radius 1 is 1.31 bits per heavy atom. The topological polar surface area (TPSA) is 32.8 Å². The monoisotopic (exact) mass is 226 g/mol. The van der Waals surface area contributed by atoms with Gasteiger partial charge >= 0.3 is 0 Å². The number of ether oxygens (including phenoxy) is 1. The van der Waals surface area contributed by atoms with Crippen molar-refractivity contribution in [2.75, 3.05) is 40.4 Å². The van der Waals surface area contributed by atoms with E-state index in [1.807, 2.05) is 14.1 Å². The first-order valence-corrected chi connectivity index (χ1v) is 6.18. The van der Waals surface area contributed by atoms with Crippen molar-refractivity contribution in [1.29, 1.82) is 0 Å². The number of carbonyl (C=O) groups excluding carboxylic acids is 1. The van der Waals surface area contributed by atoms with E-state index >= 15 is 0 Å². The molecule has 0 bridgehead atoms. The summed E-state index contributed by atoms with van der Waals surface area (Å²) in [6.07, 6.45) is 3.67. The van der Waals surface area contributed by atoms with Gasteiger partial charge in [-0.3, -0.25) is 9.69 Å². The van der Waals surface area contributed by atoms with Gasteiger partial charge in [-0.15, -0.1) is 0 Å². The van der Waals surface area contributed by atoms with Gasteiger partial charge in [0.25, 0.3) is 0 Å². The number of carbonyl (C=O) groups is 1. The smallest absolute Gasteiger partial charge is 0.236 e. The molecule has 1 aliphatic carbocycles. The van der Waals surface area contributed by atoms with E-state index in [9.17, 15) is 4.79 Å². The highest BCUT2D eigenvalue weighted by atomic mass is 16.5. The average Bonchev–Trinajstić information content (AvgIpc) is 2.97. The molecule has 16 heavy (non-hydrogen) atoms. The minimum Gasteiger partial charge on any atom is -0.381 e. The molecule has 4 nitrogen and oxygen atoms in total. The van der Waals surface area contributed by atoms with Crippen LogP contribution in [0.25, 0.3) is 0 Å². The largest absolute Gasteiger partial charge is 0.381 e. The maximum absolute atomic E-state index is 11.7. The molecule has 1 saturated carbocycles. The number of likely N-dealkylation sites (N-methyl/N-ethyl adjacent to an activating group) is 1. The summed E-state index contributed by atoms with van der Waals surface area (Å²) in [5, 5.41) is 0. The number of rotatable bonds is 5. The number of nitrogens with zero attached hydrogens (tertiary/aromatic N) is 2. The van der Waals surface area contributed by atoms with Crippen LogP contribution in [0.5, 0.6) is 0 Å². The maximum atomic E-state index is 11.7. The van der Waals surface area contributed by atoms with Gasteiger partial charge in [-0.1, -0.05) is 0 Å². The molecule has 1 atom stereocenters. The highest BCUT2D eigenvalue weighted by Gasteiger charge is 2.32. The van der Waals surface area contributed by atoms with E-state index in [1.54, 1.807) is 4.90 Å². The Morgan fingerprint density at radius 3 is 2.56 bits per heavy atom. The molecule has 0 aromatic heterocycles. The lowest BCUT2D eigenvalue weighted by Gasteiger charge is -2.25. The summed E-state index contributed by atoms with van der Waals surface area (Å²) in [4.78, 5) is 15.7. The molecule has 1 heterocycles. The fourth-order valence-corrected chi connectivity index (χ4v) is 2.16. The van der Waals surface area contributed by atoms with Gasteiger partial charge in [0.2, 0.25) is 5.91 Å². The molecular weight excluding hydrogens is 204 g/mol. The van der Waals surface area contributed by atoms with Gasteiger partial charge in [0.15, 0.2) is 0 Å². The molecule has 1 aliphatic heterocycles. The van der Waals surface area contributed by atoms with E-state index in [0.29, 0.717) is 18.5 Å². The van der Waals surface area contributed by atoms with Crippen LogP contribution in [0.3, 0.4) is 0 Å². The van der Waals surface area contributed by atoms with E-state index < -0.39 is 0 Å². The van der Waals surface area contributed by atoms with Gasteiger partial charge in [-0.25, -0.2) is 0 Å². The fourth-order valence-electron chi connectivity index (χ4n) is 2.16. The number of amides is 1. The van der Waals surface area contributed by atoms with Crippen LogP contribution < -0.4 is 0 Å². The quantitative estimate of drug-likeness (QED) is 0.687. The molecule has 0 aromatic carbocycles. The zero-order chi connectivity index (χ0) is 11.5. The van der Waals surface area contributed by atoms with Gasteiger partial charge in [-0.05, 0) is 25.2 Å². The minimum atomic E-state index is 0.214. The Balaban J connectivity index is 1.82. The summed E-state index contributed by atoms with van der Waals surface area (Å²) < 4.78 is 5.39. The molecule has 0 radical (unpaired) electrons. The molecular formula is C12H22N2O2. The highest BCUT2D eigenvalue weighted by molar-refractivity contribution is 5.77. The summed E-state index contributed by atoms with van der Waals surface area (Å²) in [7, 11) is 3.65. The van der Waals surface area contributed by atoms with Crippen LogP contribution in [0.2, 0.25) is 0 Å². The van der Waals surface area contributed by atoms with Crippen LogP contribution in [0.15, 0.2) is 0 Å². The van der Waals surface area contributed by atoms with Crippen LogP contribution in [0, 0.1) is 5.92 Å². The van der Waals surface area contributed by atoms with Gasteiger partial charge in [0, 0.05) is 33.3 Å². The second-order valence-corrected chi connectivity index (χ2v) is 5.18. The van der Waals surface area contributed by atoms with Crippen LogP contribution in [-0.4, -0.2) is 62.1 Å². The SMILES string of the molecule is CN(C)C(=O)CN(C[C@H]1CCOC1)C1CC1. The van der Waals surface area contributed by atoms with Gasteiger partial charge in [-0.2, -0.15) is 0 Å². The van der Waals surface area contributed by atoms with Crippen molar-refractivity contribution < 1.29 is 9.53 Å². The van der Waals surface area contributed by atoms with Crippen molar-refractivity contribution in [2.24, 2.45) is 5.92 Å². The van der Waals surface area contributed by atoms with Crippen LogP contribution in [0.1, 0.15) is 19.3 Å². The summed E-state index contributed by atoms with van der Waals surface area (Å²) in [6, 6.07) is 0.657. The number of hydrogen-bond donors (Lipinski definition) is 0. The first-order valence-electron chi connectivity index (χ1n) is 6.18. The Morgan fingerprint density at radius 2 is 2.06 bits per heavy atom. The fraction of sp³-hybridized carbons (Fsp3) is 0.917. The van der Waals surface area contributed by atoms with Gasteiger partial charge in [0.05, 0.1) is 13.2 Å². The van der Waals surface area contributed by atoms with E-state index in [2.05, 4.69) is 4.90 Å². The van der Waals surface area contributed by atoms with Gasteiger partial charge in [0.1, 0.15) is 0 Å². The summed E-state index contributed by atoms with van der Waals surface area (Å²) in [5.41, 5.74) is 0. The summed E-state index contributed by atoms with van der Waals surface area (Å²) in [5.74, 6) is 0.848. The normalized spacial score (nSPS) is 25.1.